The van der Waals surface area contributed by atoms with Crippen LogP contribution >= 0.6 is 0 Å². The van der Waals surface area contributed by atoms with E-state index in [1.165, 1.54) is 12.1 Å². The Kier molecular flexibility index (Phi) is 4.66. The second-order valence-corrected chi connectivity index (χ2v) is 4.45. The van der Waals surface area contributed by atoms with E-state index in [0.29, 0.717) is 12.4 Å². The van der Waals surface area contributed by atoms with Crippen molar-refractivity contribution in [3.63, 3.8) is 0 Å². The van der Waals surface area contributed by atoms with Crippen molar-refractivity contribution < 1.29 is 23.0 Å². The standard InChI is InChI=1S/C12H16F3N3O2/c13-12(14,15)20-10-1-2-11(16-9-10)18-5-3-17(4-6-18)7-8-19/h1-2,9,19H,3-8H2. The maximum absolute atomic E-state index is 12.0. The Morgan fingerprint density at radius 3 is 2.40 bits per heavy atom. The minimum atomic E-state index is -4.70. The number of hydrogen-bond acceptors (Lipinski definition) is 5. The van der Waals surface area contributed by atoms with Crippen LogP contribution in [-0.4, -0.2) is 60.7 Å². The fourth-order valence-corrected chi connectivity index (χ4v) is 2.10. The molecule has 0 amide bonds. The second-order valence-electron chi connectivity index (χ2n) is 4.45. The highest BCUT2D eigenvalue weighted by atomic mass is 19.4. The molecule has 20 heavy (non-hydrogen) atoms. The summed E-state index contributed by atoms with van der Waals surface area (Å²) in [5.41, 5.74) is 0. The van der Waals surface area contributed by atoms with E-state index in [1.807, 2.05) is 4.90 Å². The summed E-state index contributed by atoms with van der Waals surface area (Å²) in [4.78, 5) is 8.10. The average molecular weight is 291 g/mol. The Morgan fingerprint density at radius 2 is 1.90 bits per heavy atom. The highest BCUT2D eigenvalue weighted by molar-refractivity contribution is 5.41. The van der Waals surface area contributed by atoms with Gasteiger partial charge in [0.1, 0.15) is 11.6 Å². The molecule has 1 N–H and O–H groups in total. The average Bonchev–Trinajstić information content (AvgIpc) is 2.39. The van der Waals surface area contributed by atoms with Gasteiger partial charge in [-0.3, -0.25) is 4.90 Å². The number of aliphatic hydroxyl groups is 1. The number of aliphatic hydroxyl groups excluding tert-OH is 1. The van der Waals surface area contributed by atoms with Gasteiger partial charge in [0.25, 0.3) is 0 Å². The van der Waals surface area contributed by atoms with Crippen molar-refractivity contribution in [3.05, 3.63) is 18.3 Å². The van der Waals surface area contributed by atoms with E-state index in [-0.39, 0.29) is 12.4 Å². The molecule has 112 valence electrons. The van der Waals surface area contributed by atoms with Crippen molar-refractivity contribution >= 4 is 5.82 Å². The molecule has 0 radical (unpaired) electrons. The molecule has 5 nitrogen and oxygen atoms in total. The minimum Gasteiger partial charge on any atom is -0.404 e. The first-order valence-electron chi connectivity index (χ1n) is 6.28. The normalized spacial score (nSPS) is 17.3. The van der Waals surface area contributed by atoms with Gasteiger partial charge in [-0.25, -0.2) is 4.98 Å². The van der Waals surface area contributed by atoms with Crippen molar-refractivity contribution in [2.24, 2.45) is 0 Å². The Morgan fingerprint density at radius 1 is 1.20 bits per heavy atom. The molecule has 2 rings (SSSR count). The highest BCUT2D eigenvalue weighted by Crippen LogP contribution is 2.23. The molecule has 0 aliphatic carbocycles. The van der Waals surface area contributed by atoms with Gasteiger partial charge in [-0.2, -0.15) is 0 Å². The zero-order chi connectivity index (χ0) is 14.6. The van der Waals surface area contributed by atoms with Crippen LogP contribution in [0, 0.1) is 0 Å². The summed E-state index contributed by atoms with van der Waals surface area (Å²) in [6.07, 6.45) is -3.62. The van der Waals surface area contributed by atoms with Crippen LogP contribution < -0.4 is 9.64 Å². The molecule has 2 heterocycles. The van der Waals surface area contributed by atoms with Crippen LogP contribution in [0.15, 0.2) is 18.3 Å². The van der Waals surface area contributed by atoms with E-state index in [0.717, 1.165) is 32.4 Å². The molecular formula is C12H16F3N3O2. The van der Waals surface area contributed by atoms with Gasteiger partial charge in [-0.15, -0.1) is 13.2 Å². The number of pyridine rings is 1. The maximum atomic E-state index is 12.0. The van der Waals surface area contributed by atoms with Gasteiger partial charge >= 0.3 is 6.36 Å². The fraction of sp³-hybridized carbons (Fsp3) is 0.583. The van der Waals surface area contributed by atoms with Crippen LogP contribution in [0.3, 0.4) is 0 Å². The summed E-state index contributed by atoms with van der Waals surface area (Å²) in [5.74, 6) is 0.309. The first kappa shape index (κ1) is 14.9. The number of nitrogens with zero attached hydrogens (tertiary/aromatic N) is 3. The lowest BCUT2D eigenvalue weighted by atomic mass is 10.3. The molecule has 1 aliphatic heterocycles. The van der Waals surface area contributed by atoms with Gasteiger partial charge in [0.15, 0.2) is 0 Å². The van der Waals surface area contributed by atoms with E-state index in [2.05, 4.69) is 14.6 Å². The fourth-order valence-electron chi connectivity index (χ4n) is 2.10. The SMILES string of the molecule is OCCN1CCN(c2ccc(OC(F)(F)F)cn2)CC1. The first-order valence-corrected chi connectivity index (χ1v) is 6.28. The number of halogens is 3. The van der Waals surface area contributed by atoms with Crippen LogP contribution in [0.5, 0.6) is 5.75 Å². The van der Waals surface area contributed by atoms with E-state index in [9.17, 15) is 13.2 Å². The third-order valence-electron chi connectivity index (χ3n) is 3.07. The van der Waals surface area contributed by atoms with Crippen molar-refractivity contribution in [1.82, 2.24) is 9.88 Å². The molecule has 0 saturated carbocycles. The summed E-state index contributed by atoms with van der Waals surface area (Å²) in [6.45, 7) is 3.81. The summed E-state index contributed by atoms with van der Waals surface area (Å²) in [6, 6.07) is 2.78. The van der Waals surface area contributed by atoms with Crippen LogP contribution in [0.2, 0.25) is 0 Å². The maximum Gasteiger partial charge on any atom is 0.573 e. The third-order valence-corrected chi connectivity index (χ3v) is 3.07. The Balaban J connectivity index is 1.91. The molecule has 1 saturated heterocycles. The van der Waals surface area contributed by atoms with Crippen molar-refractivity contribution in [2.75, 3.05) is 44.2 Å². The molecule has 1 fully saturated rings. The molecule has 0 unspecified atom stereocenters. The van der Waals surface area contributed by atoms with Crippen molar-refractivity contribution in [3.8, 4) is 5.75 Å². The first-order chi connectivity index (χ1) is 9.48. The number of rotatable bonds is 4. The number of alkyl halides is 3. The lowest BCUT2D eigenvalue weighted by molar-refractivity contribution is -0.274. The van der Waals surface area contributed by atoms with E-state index < -0.39 is 6.36 Å². The molecule has 0 atom stereocenters. The highest BCUT2D eigenvalue weighted by Gasteiger charge is 2.31. The zero-order valence-corrected chi connectivity index (χ0v) is 10.8. The lowest BCUT2D eigenvalue weighted by Gasteiger charge is -2.35. The Bertz CT molecular complexity index is 417. The monoisotopic (exact) mass is 291 g/mol. The van der Waals surface area contributed by atoms with Crippen LogP contribution in [0.1, 0.15) is 0 Å². The van der Waals surface area contributed by atoms with E-state index in [4.69, 9.17) is 5.11 Å². The van der Waals surface area contributed by atoms with Gasteiger partial charge in [-0.1, -0.05) is 0 Å². The third kappa shape index (κ3) is 4.24. The van der Waals surface area contributed by atoms with Crippen LogP contribution in [-0.2, 0) is 0 Å². The smallest absolute Gasteiger partial charge is 0.404 e. The molecule has 0 aromatic carbocycles. The summed E-state index contributed by atoms with van der Waals surface area (Å²) >= 11 is 0. The topological polar surface area (TPSA) is 48.8 Å². The van der Waals surface area contributed by atoms with E-state index in [1.54, 1.807) is 0 Å². The molecule has 8 heteroatoms. The zero-order valence-electron chi connectivity index (χ0n) is 10.8. The molecule has 0 bridgehead atoms. The van der Waals surface area contributed by atoms with Gasteiger partial charge < -0.3 is 14.7 Å². The molecule has 1 aromatic rings. The number of β-amino-alcohol motifs (C(OH)–C–C–N with tert-alkyl or cyclic N) is 1. The Hall–Kier alpha value is -1.54. The number of ether oxygens (including phenoxy) is 1. The predicted octanol–water partition coefficient (Wildman–Crippen LogP) is 1.09. The molecular weight excluding hydrogens is 275 g/mol. The van der Waals surface area contributed by atoms with Crippen LogP contribution in [0.4, 0.5) is 19.0 Å². The Labute approximate surface area is 114 Å². The lowest BCUT2D eigenvalue weighted by Crippen LogP contribution is -2.47. The molecule has 1 aliphatic rings. The van der Waals surface area contributed by atoms with Gasteiger partial charge in [-0.05, 0) is 12.1 Å². The number of hydrogen-bond donors (Lipinski definition) is 1. The molecule has 0 spiro atoms. The van der Waals surface area contributed by atoms with Gasteiger partial charge in [0.05, 0.1) is 12.8 Å². The predicted molar refractivity (Wildman–Crippen MR) is 66.7 cm³/mol. The van der Waals surface area contributed by atoms with Crippen LogP contribution in [0.25, 0.3) is 0 Å². The van der Waals surface area contributed by atoms with Crippen molar-refractivity contribution in [2.45, 2.75) is 6.36 Å². The molecule has 1 aromatic heterocycles. The van der Waals surface area contributed by atoms with E-state index >= 15 is 0 Å². The minimum absolute atomic E-state index is 0.127. The van der Waals surface area contributed by atoms with Crippen molar-refractivity contribution in [1.29, 1.82) is 0 Å². The van der Waals surface area contributed by atoms with Gasteiger partial charge in [0.2, 0.25) is 0 Å². The largest absolute Gasteiger partial charge is 0.573 e. The quantitative estimate of drug-likeness (QED) is 0.900. The number of aromatic nitrogens is 1. The van der Waals surface area contributed by atoms with Gasteiger partial charge in [0, 0.05) is 32.7 Å². The summed E-state index contributed by atoms with van der Waals surface area (Å²) in [5, 5.41) is 8.85. The number of piperazine rings is 1. The summed E-state index contributed by atoms with van der Waals surface area (Å²) in [7, 11) is 0. The summed E-state index contributed by atoms with van der Waals surface area (Å²) < 4.78 is 39.9. The second kappa shape index (κ2) is 6.27. The number of anilines is 1.